The highest BCUT2D eigenvalue weighted by Crippen LogP contribution is 2.33. The average molecular weight is 432 g/mol. The van der Waals surface area contributed by atoms with Crippen molar-refractivity contribution in [1.29, 1.82) is 0 Å². The van der Waals surface area contributed by atoms with E-state index >= 15 is 0 Å². The van der Waals surface area contributed by atoms with E-state index in [-0.39, 0.29) is 18.4 Å². The lowest BCUT2D eigenvalue weighted by atomic mass is 10.1. The zero-order valence-electron chi connectivity index (χ0n) is 13.3. The summed E-state index contributed by atoms with van der Waals surface area (Å²) in [5.74, 6) is 0. The van der Waals surface area contributed by atoms with Crippen LogP contribution >= 0.6 is 28.3 Å². The Morgan fingerprint density at radius 1 is 1.00 bits per heavy atom. The number of likely N-dealkylation sites (N-methyl/N-ethyl adjacent to an activating group) is 1. The van der Waals surface area contributed by atoms with E-state index in [1.807, 2.05) is 43.4 Å². The van der Waals surface area contributed by atoms with Crippen LogP contribution in [0.4, 0.5) is 0 Å². The molecule has 1 atom stereocenters. The minimum atomic E-state index is -3.55. The highest BCUT2D eigenvalue weighted by molar-refractivity contribution is 9.10. The minimum Gasteiger partial charge on any atom is -0.303 e. The van der Waals surface area contributed by atoms with Gasteiger partial charge in [-0.25, -0.2) is 8.42 Å². The van der Waals surface area contributed by atoms with Crippen molar-refractivity contribution in [3.63, 3.8) is 0 Å². The lowest BCUT2D eigenvalue weighted by Gasteiger charge is -2.39. The summed E-state index contributed by atoms with van der Waals surface area (Å²) in [5.41, 5.74) is 1.02. The topological polar surface area (TPSA) is 40.6 Å². The molecule has 130 valence electrons. The zero-order chi connectivity index (χ0) is 16.4. The Morgan fingerprint density at radius 3 is 2.29 bits per heavy atom. The van der Waals surface area contributed by atoms with Crippen LogP contribution in [0, 0.1) is 0 Å². The fourth-order valence-corrected chi connectivity index (χ4v) is 5.48. The smallest absolute Gasteiger partial charge is 0.244 e. The van der Waals surface area contributed by atoms with Crippen LogP contribution < -0.4 is 0 Å². The third-order valence-corrected chi connectivity index (χ3v) is 7.06. The molecule has 0 radical (unpaired) electrons. The highest BCUT2D eigenvalue weighted by Gasteiger charge is 2.36. The maximum Gasteiger partial charge on any atom is 0.244 e. The van der Waals surface area contributed by atoms with Crippen LogP contribution in [0.1, 0.15) is 11.6 Å². The number of hydrogen-bond acceptors (Lipinski definition) is 3. The summed E-state index contributed by atoms with van der Waals surface area (Å²) in [6.07, 6.45) is 0. The fraction of sp³-hybridized carbons (Fsp3) is 0.294. The Kier molecular flexibility index (Phi) is 6.45. The molecule has 2 aromatic rings. The molecule has 24 heavy (non-hydrogen) atoms. The lowest BCUT2D eigenvalue weighted by Crippen LogP contribution is -2.49. The van der Waals surface area contributed by atoms with Gasteiger partial charge >= 0.3 is 0 Å². The number of sulfonamides is 1. The van der Waals surface area contributed by atoms with Gasteiger partial charge in [0.25, 0.3) is 0 Å². The number of rotatable bonds is 3. The van der Waals surface area contributed by atoms with Gasteiger partial charge in [-0.3, -0.25) is 0 Å². The first-order valence-corrected chi connectivity index (χ1v) is 9.73. The summed E-state index contributed by atoms with van der Waals surface area (Å²) in [5, 5.41) is 0. The maximum atomic E-state index is 13.2. The van der Waals surface area contributed by atoms with E-state index in [0.717, 1.165) is 12.1 Å². The Morgan fingerprint density at radius 2 is 1.62 bits per heavy atom. The second-order valence-corrected chi connectivity index (χ2v) is 8.45. The molecule has 7 heteroatoms. The molecular weight excluding hydrogens is 412 g/mol. The highest BCUT2D eigenvalue weighted by atomic mass is 79.9. The molecule has 4 nitrogen and oxygen atoms in total. The van der Waals surface area contributed by atoms with E-state index in [2.05, 4.69) is 20.8 Å². The van der Waals surface area contributed by atoms with Crippen molar-refractivity contribution >= 4 is 38.4 Å². The van der Waals surface area contributed by atoms with Gasteiger partial charge in [0.1, 0.15) is 0 Å². The van der Waals surface area contributed by atoms with Crippen molar-refractivity contribution in [3.05, 3.63) is 64.6 Å². The van der Waals surface area contributed by atoms with Gasteiger partial charge in [-0.2, -0.15) is 4.31 Å². The van der Waals surface area contributed by atoms with Crippen molar-refractivity contribution in [2.24, 2.45) is 0 Å². The second kappa shape index (κ2) is 7.97. The van der Waals surface area contributed by atoms with Gasteiger partial charge < -0.3 is 4.90 Å². The van der Waals surface area contributed by atoms with Gasteiger partial charge in [-0.05, 0) is 40.7 Å². The maximum absolute atomic E-state index is 13.2. The third kappa shape index (κ3) is 3.83. The van der Waals surface area contributed by atoms with Crippen molar-refractivity contribution < 1.29 is 8.42 Å². The van der Waals surface area contributed by atoms with Gasteiger partial charge in [0.2, 0.25) is 10.0 Å². The number of piperazine rings is 1. The number of hydrogen-bond donors (Lipinski definition) is 0. The van der Waals surface area contributed by atoms with Gasteiger partial charge in [-0.15, -0.1) is 12.4 Å². The standard InChI is InChI=1S/C17H19BrN2O2S.ClH/c1-19-11-12-20(16(13-19)14-7-3-2-4-8-14)23(21,22)17-10-6-5-9-15(17)18;/h2-10,16H,11-13H2,1H3;1H. The Hall–Kier alpha value is -0.920. The molecule has 1 saturated heterocycles. The van der Waals surface area contributed by atoms with E-state index in [9.17, 15) is 8.42 Å². The van der Waals surface area contributed by atoms with Crippen LogP contribution in [0.5, 0.6) is 0 Å². The predicted molar refractivity (Wildman–Crippen MR) is 102 cm³/mol. The minimum absolute atomic E-state index is 0. The summed E-state index contributed by atoms with van der Waals surface area (Å²) in [6, 6.07) is 16.7. The molecule has 0 spiro atoms. The Labute approximate surface area is 158 Å². The first kappa shape index (κ1) is 19.4. The van der Waals surface area contributed by atoms with Crippen molar-refractivity contribution in [1.82, 2.24) is 9.21 Å². The van der Waals surface area contributed by atoms with E-state index in [0.29, 0.717) is 22.5 Å². The van der Waals surface area contributed by atoms with Gasteiger partial charge in [0.15, 0.2) is 0 Å². The van der Waals surface area contributed by atoms with Gasteiger partial charge in [-0.1, -0.05) is 42.5 Å². The molecule has 0 bridgehead atoms. The summed E-state index contributed by atoms with van der Waals surface area (Å²) >= 11 is 3.37. The number of halogens is 2. The van der Waals surface area contributed by atoms with E-state index in [1.54, 1.807) is 22.5 Å². The molecule has 1 fully saturated rings. The van der Waals surface area contributed by atoms with Gasteiger partial charge in [0.05, 0.1) is 10.9 Å². The molecule has 1 unspecified atom stereocenters. The monoisotopic (exact) mass is 430 g/mol. The molecule has 1 aliphatic rings. The number of benzene rings is 2. The Balaban J connectivity index is 0.00000208. The van der Waals surface area contributed by atoms with Crippen molar-refractivity contribution in [2.75, 3.05) is 26.7 Å². The SMILES string of the molecule is CN1CCN(S(=O)(=O)c2ccccc2Br)C(c2ccccc2)C1.Cl. The van der Waals surface area contributed by atoms with Crippen LogP contribution in [-0.2, 0) is 10.0 Å². The van der Waals surface area contributed by atoms with E-state index in [4.69, 9.17) is 0 Å². The largest absolute Gasteiger partial charge is 0.303 e. The first-order chi connectivity index (χ1) is 11.0. The molecule has 1 aliphatic heterocycles. The molecule has 2 aromatic carbocycles. The summed E-state index contributed by atoms with van der Waals surface area (Å²) < 4.78 is 28.6. The Bertz CT molecular complexity index is 786. The zero-order valence-corrected chi connectivity index (χ0v) is 16.5. The fourth-order valence-electron chi connectivity index (χ4n) is 2.92. The van der Waals surface area contributed by atoms with Crippen molar-refractivity contribution in [3.8, 4) is 0 Å². The lowest BCUT2D eigenvalue weighted by molar-refractivity contribution is 0.160. The molecule has 0 aliphatic carbocycles. The number of nitrogens with zero attached hydrogens (tertiary/aromatic N) is 2. The van der Waals surface area contributed by atoms with E-state index in [1.165, 1.54) is 0 Å². The van der Waals surface area contributed by atoms with Crippen LogP contribution in [0.3, 0.4) is 0 Å². The van der Waals surface area contributed by atoms with E-state index < -0.39 is 10.0 Å². The molecule has 0 amide bonds. The average Bonchev–Trinajstić information content (AvgIpc) is 2.55. The van der Waals surface area contributed by atoms with Crippen LogP contribution in [-0.4, -0.2) is 44.3 Å². The molecular formula is C17H20BrClN2O2S. The molecule has 0 N–H and O–H groups in total. The van der Waals surface area contributed by atoms with Crippen LogP contribution in [0.25, 0.3) is 0 Å². The molecule has 0 saturated carbocycles. The summed E-state index contributed by atoms with van der Waals surface area (Å²) in [7, 11) is -1.53. The first-order valence-electron chi connectivity index (χ1n) is 7.50. The normalized spacial score (nSPS) is 19.7. The predicted octanol–water partition coefficient (Wildman–Crippen LogP) is 3.55. The van der Waals surface area contributed by atoms with Crippen LogP contribution in [0.2, 0.25) is 0 Å². The molecule has 0 aromatic heterocycles. The van der Waals surface area contributed by atoms with Crippen LogP contribution in [0.15, 0.2) is 64.0 Å². The molecule has 3 rings (SSSR count). The second-order valence-electron chi connectivity index (χ2n) is 5.73. The quantitative estimate of drug-likeness (QED) is 0.746. The summed E-state index contributed by atoms with van der Waals surface area (Å²) in [6.45, 7) is 1.90. The van der Waals surface area contributed by atoms with Gasteiger partial charge in [0, 0.05) is 24.1 Å². The third-order valence-electron chi connectivity index (χ3n) is 4.14. The summed E-state index contributed by atoms with van der Waals surface area (Å²) in [4.78, 5) is 2.49. The van der Waals surface area contributed by atoms with Crippen molar-refractivity contribution in [2.45, 2.75) is 10.9 Å². The molecule has 1 heterocycles.